The number of carbonyl (C=O) groups excluding carboxylic acids is 1. The van der Waals surface area contributed by atoms with Crippen LogP contribution < -0.4 is 15.0 Å². The van der Waals surface area contributed by atoms with Crippen molar-refractivity contribution in [3.8, 4) is 11.8 Å². The van der Waals surface area contributed by atoms with Crippen molar-refractivity contribution in [3.63, 3.8) is 0 Å². The van der Waals surface area contributed by atoms with Crippen LogP contribution in [0.3, 0.4) is 0 Å². The van der Waals surface area contributed by atoms with E-state index in [2.05, 4.69) is 5.32 Å². The first-order valence-electron chi connectivity index (χ1n) is 8.97. The second-order valence-corrected chi connectivity index (χ2v) is 6.47. The van der Waals surface area contributed by atoms with Gasteiger partial charge in [0.05, 0.1) is 23.9 Å². The van der Waals surface area contributed by atoms with E-state index < -0.39 is 24.1 Å². The van der Waals surface area contributed by atoms with Crippen molar-refractivity contribution in [3.05, 3.63) is 59.6 Å². The molecule has 3 rings (SSSR count). The minimum atomic E-state index is -0.893. The maximum Gasteiger partial charge on any atom is 0.414 e. The number of nitrogens with one attached hydrogen (secondary N) is 2. The molecular formula is C20H20AcFN4O4-. The standard InChI is InChI=1S/C20H20FN4O4.Ac/c21-18-7-15(25-11-17(9-23)29-20(25)27)5-6-19(18)28-12-16(26)10-24-14-3-1-13(8-22)2-4-14;/h1-7,16-17,23-24,26H,9-12H2;/q-1;/t16?,17-;/m1./s1. The maximum atomic E-state index is 14.3. The predicted octanol–water partition coefficient (Wildman–Crippen LogP) is 2.93. The third kappa shape index (κ3) is 6.29. The molecule has 1 radical (unpaired) electrons. The van der Waals surface area contributed by atoms with E-state index in [1.165, 1.54) is 17.0 Å². The fourth-order valence-corrected chi connectivity index (χ4v) is 2.76. The summed E-state index contributed by atoms with van der Waals surface area (Å²) in [7, 11) is 0. The number of aliphatic hydroxyl groups is 1. The van der Waals surface area contributed by atoms with Crippen molar-refractivity contribution < 1.29 is 67.8 Å². The SMILES string of the molecule is N#Cc1ccc(NCC(O)COc2ccc(N3C[C@@H](C[NH-])OC3=O)cc2F)cc1.[Ac]. The molecule has 0 saturated carbocycles. The minimum absolute atomic E-state index is 0. The van der Waals surface area contributed by atoms with E-state index in [-0.39, 0.29) is 76.1 Å². The number of nitrogens with zero attached hydrogens (tertiary/aromatic N) is 2. The number of aliphatic hydroxyl groups excluding tert-OH is 1. The Kier molecular flexibility index (Phi) is 9.32. The van der Waals surface area contributed by atoms with Gasteiger partial charge >= 0.3 is 6.09 Å². The van der Waals surface area contributed by atoms with E-state index in [0.29, 0.717) is 11.3 Å². The summed E-state index contributed by atoms with van der Waals surface area (Å²) in [6.07, 6.45) is -2.03. The van der Waals surface area contributed by atoms with Crippen LogP contribution in [0.2, 0.25) is 0 Å². The molecule has 0 bridgehead atoms. The van der Waals surface area contributed by atoms with Crippen molar-refractivity contribution in [2.45, 2.75) is 12.2 Å². The Balaban J connectivity index is 0.00000320. The van der Waals surface area contributed by atoms with E-state index in [9.17, 15) is 14.3 Å². The van der Waals surface area contributed by atoms with E-state index in [4.69, 9.17) is 20.5 Å². The summed E-state index contributed by atoms with van der Waals surface area (Å²) in [5.74, 6) is -0.715. The maximum absolute atomic E-state index is 14.3. The Hall–Kier alpha value is -1.91. The Labute approximate surface area is 209 Å². The van der Waals surface area contributed by atoms with Gasteiger partial charge in [-0.2, -0.15) is 5.26 Å². The molecule has 0 aromatic heterocycles. The fraction of sp³-hybridized carbons (Fsp3) is 0.300. The van der Waals surface area contributed by atoms with Crippen LogP contribution in [0.4, 0.5) is 20.6 Å². The molecule has 0 spiro atoms. The van der Waals surface area contributed by atoms with Crippen molar-refractivity contribution in [2.24, 2.45) is 0 Å². The van der Waals surface area contributed by atoms with E-state index in [0.717, 1.165) is 11.8 Å². The van der Waals surface area contributed by atoms with Crippen molar-refractivity contribution in [1.29, 1.82) is 5.26 Å². The van der Waals surface area contributed by atoms with Crippen LogP contribution in [0.1, 0.15) is 5.56 Å². The van der Waals surface area contributed by atoms with Crippen LogP contribution in [0, 0.1) is 61.2 Å². The number of anilines is 2. The number of carbonyl (C=O) groups is 1. The van der Waals surface area contributed by atoms with Gasteiger partial charge in [0.1, 0.15) is 18.8 Å². The summed E-state index contributed by atoms with van der Waals surface area (Å²) in [5.41, 5.74) is 8.88. The molecule has 3 N–H and O–H groups in total. The number of rotatable bonds is 8. The first-order chi connectivity index (χ1) is 14.0. The van der Waals surface area contributed by atoms with E-state index in [1.54, 1.807) is 24.3 Å². The molecule has 1 fully saturated rings. The number of halogens is 1. The molecule has 10 heteroatoms. The van der Waals surface area contributed by atoms with Crippen LogP contribution in [0.25, 0.3) is 5.73 Å². The van der Waals surface area contributed by atoms with Gasteiger partial charge in [-0.15, -0.1) is 6.54 Å². The van der Waals surface area contributed by atoms with Gasteiger partial charge in [0.25, 0.3) is 0 Å². The molecule has 2 aromatic rings. The largest absolute Gasteiger partial charge is 0.674 e. The van der Waals surface area contributed by atoms with Gasteiger partial charge in [-0.25, -0.2) is 9.18 Å². The summed E-state index contributed by atoms with van der Waals surface area (Å²) in [5, 5.41) is 21.8. The van der Waals surface area contributed by atoms with Gasteiger partial charge < -0.3 is 25.6 Å². The third-order valence-electron chi connectivity index (χ3n) is 4.32. The molecule has 1 aliphatic rings. The van der Waals surface area contributed by atoms with E-state index >= 15 is 0 Å². The average molecular weight is 626 g/mol. The zero-order chi connectivity index (χ0) is 20.8. The summed E-state index contributed by atoms with van der Waals surface area (Å²) in [4.78, 5) is 13.1. The number of hydrogen-bond donors (Lipinski definition) is 2. The van der Waals surface area contributed by atoms with Crippen LogP contribution in [0.5, 0.6) is 5.75 Å². The molecule has 1 amide bonds. The van der Waals surface area contributed by atoms with Gasteiger partial charge in [-0.05, 0) is 36.4 Å². The molecule has 2 aromatic carbocycles. The van der Waals surface area contributed by atoms with Crippen LogP contribution in [0.15, 0.2) is 42.5 Å². The first kappa shape index (κ1) is 24.4. The fourth-order valence-electron chi connectivity index (χ4n) is 2.76. The normalized spacial score (nSPS) is 16.3. The van der Waals surface area contributed by atoms with Crippen molar-refractivity contribution in [1.82, 2.24) is 0 Å². The first-order valence-corrected chi connectivity index (χ1v) is 8.97. The quantitative estimate of drug-likeness (QED) is 0.466. The number of nitriles is 1. The second-order valence-electron chi connectivity index (χ2n) is 6.47. The Morgan fingerprint density at radius 1 is 1.37 bits per heavy atom. The third-order valence-corrected chi connectivity index (χ3v) is 4.32. The number of ether oxygens (including phenoxy) is 2. The summed E-state index contributed by atoms with van der Waals surface area (Å²) in [6, 6.07) is 12.8. The topological polar surface area (TPSA) is 119 Å². The molecule has 2 atom stereocenters. The van der Waals surface area contributed by atoms with Gasteiger partial charge in [0.15, 0.2) is 11.6 Å². The summed E-state index contributed by atoms with van der Waals surface area (Å²) < 4.78 is 24.6. The van der Waals surface area contributed by atoms with E-state index in [1.807, 2.05) is 6.07 Å². The Morgan fingerprint density at radius 3 is 2.70 bits per heavy atom. The number of amides is 1. The van der Waals surface area contributed by atoms with Gasteiger partial charge in [0, 0.05) is 62.4 Å². The summed E-state index contributed by atoms with van der Waals surface area (Å²) >= 11 is 0. The molecule has 1 heterocycles. The van der Waals surface area contributed by atoms with Gasteiger partial charge in [-0.1, -0.05) is 0 Å². The molecule has 30 heavy (non-hydrogen) atoms. The minimum Gasteiger partial charge on any atom is -0.674 e. The van der Waals surface area contributed by atoms with Gasteiger partial charge in [0.2, 0.25) is 0 Å². The van der Waals surface area contributed by atoms with Crippen molar-refractivity contribution in [2.75, 3.05) is 36.5 Å². The van der Waals surface area contributed by atoms with Gasteiger partial charge in [-0.3, -0.25) is 4.90 Å². The zero-order valence-electron chi connectivity index (χ0n) is 16.0. The monoisotopic (exact) mass is 626 g/mol. The molecule has 1 saturated heterocycles. The second kappa shape index (κ2) is 11.5. The molecule has 155 valence electrons. The molecule has 1 unspecified atom stereocenters. The Bertz CT molecular complexity index is 907. The predicted molar refractivity (Wildman–Crippen MR) is 104 cm³/mol. The number of cyclic esters (lactones) is 1. The van der Waals surface area contributed by atoms with Crippen LogP contribution in [-0.4, -0.2) is 49.6 Å². The van der Waals surface area contributed by atoms with Crippen LogP contribution >= 0.6 is 0 Å². The average Bonchev–Trinajstić information content (AvgIpc) is 3.12. The number of benzene rings is 2. The molecular weight excluding hydrogens is 606 g/mol. The molecule has 1 aliphatic heterocycles. The summed E-state index contributed by atoms with van der Waals surface area (Å²) in [6.45, 7) is 0.188. The smallest absolute Gasteiger partial charge is 0.414 e. The van der Waals surface area contributed by atoms with Crippen molar-refractivity contribution >= 4 is 17.5 Å². The number of hydrogen-bond acceptors (Lipinski definition) is 6. The molecule has 8 nitrogen and oxygen atoms in total. The Morgan fingerprint density at radius 2 is 2.10 bits per heavy atom. The zero-order valence-corrected chi connectivity index (χ0v) is 20.8. The molecule has 0 aliphatic carbocycles. The van der Waals surface area contributed by atoms with Crippen LogP contribution in [-0.2, 0) is 4.74 Å².